The molecular formula is C10H7N2NaO2. The zero-order valence-corrected chi connectivity index (χ0v) is 7.18. The fraction of sp³-hybridized carbons (Fsp3) is 0. The summed E-state index contributed by atoms with van der Waals surface area (Å²) >= 11 is 0. The molecule has 1 aromatic carbocycles. The third-order valence-electron chi connectivity index (χ3n) is 1.81. The number of rotatable bonds is 2. The van der Waals surface area contributed by atoms with Gasteiger partial charge in [0.25, 0.3) is 0 Å². The second kappa shape index (κ2) is 5.11. The van der Waals surface area contributed by atoms with Crippen LogP contribution in [0, 0.1) is 0 Å². The van der Waals surface area contributed by atoms with Crippen LogP contribution >= 0.6 is 0 Å². The first kappa shape index (κ1) is 12.0. The molecule has 4 nitrogen and oxygen atoms in total. The van der Waals surface area contributed by atoms with E-state index in [-0.39, 0.29) is 41.5 Å². The summed E-state index contributed by atoms with van der Waals surface area (Å²) in [7, 11) is 0. The number of carbonyl (C=O) groups excluding carboxylic acids is 2. The molecule has 15 heavy (non-hydrogen) atoms. The van der Waals surface area contributed by atoms with Crippen molar-refractivity contribution in [1.82, 2.24) is 9.97 Å². The first-order valence-electron chi connectivity index (χ1n) is 4.02. The Morgan fingerprint density at radius 3 is 2.53 bits per heavy atom. The molecule has 0 bridgehead atoms. The zero-order valence-electron chi connectivity index (χ0n) is 7.18. The van der Waals surface area contributed by atoms with E-state index >= 15 is 0 Å². The molecule has 0 N–H and O–H groups in total. The Hall–Kier alpha value is -1.10. The Balaban J connectivity index is 0.00000112. The molecule has 0 saturated heterocycles. The zero-order chi connectivity index (χ0) is 9.97. The van der Waals surface area contributed by atoms with E-state index < -0.39 is 5.78 Å². The third-order valence-corrected chi connectivity index (χ3v) is 1.81. The van der Waals surface area contributed by atoms with Gasteiger partial charge in [0.05, 0.1) is 17.2 Å². The van der Waals surface area contributed by atoms with Gasteiger partial charge in [-0.1, -0.05) is 12.1 Å². The van der Waals surface area contributed by atoms with Gasteiger partial charge in [-0.3, -0.25) is 14.6 Å². The van der Waals surface area contributed by atoms with Crippen molar-refractivity contribution < 1.29 is 9.59 Å². The summed E-state index contributed by atoms with van der Waals surface area (Å²) < 4.78 is 0. The monoisotopic (exact) mass is 210 g/mol. The number of ketones is 1. The van der Waals surface area contributed by atoms with Gasteiger partial charge >= 0.3 is 29.6 Å². The van der Waals surface area contributed by atoms with E-state index in [0.717, 1.165) is 0 Å². The molecule has 1 heterocycles. The Morgan fingerprint density at radius 2 is 1.87 bits per heavy atom. The number of carbonyl (C=O) groups is 2. The molecule has 2 aromatic rings. The molecule has 0 aliphatic heterocycles. The van der Waals surface area contributed by atoms with Gasteiger partial charge in [0.2, 0.25) is 5.78 Å². The van der Waals surface area contributed by atoms with Gasteiger partial charge in [-0.05, 0) is 12.1 Å². The summed E-state index contributed by atoms with van der Waals surface area (Å²) in [6, 6.07) is 7.16. The van der Waals surface area contributed by atoms with Crippen molar-refractivity contribution in [3.63, 3.8) is 0 Å². The summed E-state index contributed by atoms with van der Waals surface area (Å²) in [5.74, 6) is -0.650. The van der Waals surface area contributed by atoms with Crippen LogP contribution in [-0.4, -0.2) is 51.6 Å². The van der Waals surface area contributed by atoms with Gasteiger partial charge in [0, 0.05) is 0 Å². The van der Waals surface area contributed by atoms with Crippen molar-refractivity contribution in [3.05, 3.63) is 36.2 Å². The maximum absolute atomic E-state index is 11.0. The van der Waals surface area contributed by atoms with E-state index in [1.807, 2.05) is 6.07 Å². The topological polar surface area (TPSA) is 59.9 Å². The predicted octanol–water partition coefficient (Wildman–Crippen LogP) is 0.363. The summed E-state index contributed by atoms with van der Waals surface area (Å²) in [6.07, 6.45) is 1.54. The van der Waals surface area contributed by atoms with Crippen LogP contribution in [0.4, 0.5) is 0 Å². The third kappa shape index (κ3) is 2.47. The van der Waals surface area contributed by atoms with Crippen molar-refractivity contribution in [1.29, 1.82) is 0 Å². The van der Waals surface area contributed by atoms with Gasteiger partial charge in [0.15, 0.2) is 6.29 Å². The number of hydrogen-bond acceptors (Lipinski definition) is 4. The van der Waals surface area contributed by atoms with Crippen LogP contribution in [0.15, 0.2) is 30.5 Å². The first-order valence-corrected chi connectivity index (χ1v) is 4.02. The molecule has 0 unspecified atom stereocenters. The van der Waals surface area contributed by atoms with E-state index in [1.165, 1.54) is 6.20 Å². The van der Waals surface area contributed by atoms with Crippen LogP contribution in [-0.2, 0) is 4.79 Å². The summed E-state index contributed by atoms with van der Waals surface area (Å²) in [6.45, 7) is 0. The average molecular weight is 210 g/mol. The standard InChI is InChI=1S/C10H6N2O2.Na.H/c13-6-10(14)9-5-11-7-3-1-2-4-8(7)12-9;;/h1-6H;;. The van der Waals surface area contributed by atoms with Crippen molar-refractivity contribution >= 4 is 52.7 Å². The number of para-hydroxylation sites is 2. The SMILES string of the molecule is O=CC(=O)c1cnc2ccccc2n1.[NaH]. The van der Waals surface area contributed by atoms with Crippen LogP contribution in [0.3, 0.4) is 0 Å². The average Bonchev–Trinajstić information content (AvgIpc) is 2.27. The quantitative estimate of drug-likeness (QED) is 0.311. The molecule has 0 aliphatic rings. The molecule has 1 aromatic heterocycles. The van der Waals surface area contributed by atoms with Crippen LogP contribution in [0.1, 0.15) is 10.5 Å². The van der Waals surface area contributed by atoms with E-state index in [9.17, 15) is 9.59 Å². The molecule has 2 rings (SSSR count). The Morgan fingerprint density at radius 1 is 1.20 bits per heavy atom. The van der Waals surface area contributed by atoms with Gasteiger partial charge in [-0.25, -0.2) is 4.98 Å². The number of fused-ring (bicyclic) bond motifs is 1. The number of Topliss-reactive ketones (excluding diaryl/α,β-unsaturated/α-hetero) is 1. The molecule has 0 spiro atoms. The second-order valence-electron chi connectivity index (χ2n) is 2.73. The van der Waals surface area contributed by atoms with E-state index in [1.54, 1.807) is 18.2 Å². The van der Waals surface area contributed by atoms with Crippen molar-refractivity contribution in [2.75, 3.05) is 0 Å². The van der Waals surface area contributed by atoms with Crippen LogP contribution in [0.25, 0.3) is 11.0 Å². The van der Waals surface area contributed by atoms with E-state index in [2.05, 4.69) is 9.97 Å². The Bertz CT molecular complexity index is 514. The molecule has 0 atom stereocenters. The minimum atomic E-state index is -0.650. The second-order valence-corrected chi connectivity index (χ2v) is 2.73. The molecule has 5 heteroatoms. The molecule has 70 valence electrons. The van der Waals surface area contributed by atoms with Crippen LogP contribution in [0.5, 0.6) is 0 Å². The maximum atomic E-state index is 11.0. The summed E-state index contributed by atoms with van der Waals surface area (Å²) in [5, 5.41) is 0. The predicted molar refractivity (Wildman–Crippen MR) is 57.1 cm³/mol. The number of benzene rings is 1. The first-order chi connectivity index (χ1) is 6.81. The Kier molecular flexibility index (Phi) is 4.08. The van der Waals surface area contributed by atoms with Crippen molar-refractivity contribution in [3.8, 4) is 0 Å². The molecule has 0 aliphatic carbocycles. The molecule has 0 fully saturated rings. The fourth-order valence-corrected chi connectivity index (χ4v) is 1.14. The van der Waals surface area contributed by atoms with Gasteiger partial charge in [-0.15, -0.1) is 0 Å². The van der Waals surface area contributed by atoms with Gasteiger partial charge in [0.1, 0.15) is 5.69 Å². The molecular weight excluding hydrogens is 203 g/mol. The summed E-state index contributed by atoms with van der Waals surface area (Å²) in [4.78, 5) is 29.2. The molecule has 0 amide bonds. The Labute approximate surface area is 108 Å². The van der Waals surface area contributed by atoms with Crippen molar-refractivity contribution in [2.24, 2.45) is 0 Å². The normalized spacial score (nSPS) is 9.33. The molecule has 0 saturated carbocycles. The van der Waals surface area contributed by atoms with Crippen LogP contribution in [0.2, 0.25) is 0 Å². The van der Waals surface area contributed by atoms with E-state index in [4.69, 9.17) is 0 Å². The number of aldehydes is 1. The summed E-state index contributed by atoms with van der Waals surface area (Å²) in [5.41, 5.74) is 1.40. The number of nitrogens with zero attached hydrogens (tertiary/aromatic N) is 2. The minimum absolute atomic E-state index is 0. The molecule has 0 radical (unpaired) electrons. The van der Waals surface area contributed by atoms with Crippen LogP contribution < -0.4 is 0 Å². The van der Waals surface area contributed by atoms with Crippen molar-refractivity contribution in [2.45, 2.75) is 0 Å². The van der Waals surface area contributed by atoms with E-state index in [0.29, 0.717) is 11.0 Å². The van der Waals surface area contributed by atoms with Gasteiger partial charge in [-0.2, -0.15) is 0 Å². The number of aromatic nitrogens is 2. The fourth-order valence-electron chi connectivity index (χ4n) is 1.14. The van der Waals surface area contributed by atoms with Gasteiger partial charge < -0.3 is 0 Å². The number of hydrogen-bond donors (Lipinski definition) is 0.